The zero-order valence-corrected chi connectivity index (χ0v) is 13.6. The summed E-state index contributed by atoms with van der Waals surface area (Å²) in [6.07, 6.45) is 3.20. The Morgan fingerprint density at radius 2 is 1.45 bits per heavy atom. The van der Waals surface area contributed by atoms with E-state index in [0.29, 0.717) is 0 Å². The number of urea groups is 1. The van der Waals surface area contributed by atoms with E-state index in [0.717, 1.165) is 25.8 Å². The first-order valence-corrected chi connectivity index (χ1v) is 7.60. The molecule has 2 amide bonds. The Hall–Kier alpha value is -1.26. The molecule has 0 unspecified atom stereocenters. The Kier molecular flexibility index (Phi) is 9.01. The minimum atomic E-state index is -0.870. The highest BCUT2D eigenvalue weighted by atomic mass is 16.4. The molecule has 0 atom stereocenters. The number of carbonyl (C=O) groups excluding carboxylic acids is 1. The SMILES string of the molecule is CCCCCN(C(=O)N(CCC(=O)O)C(C)C)C(C)C. The van der Waals surface area contributed by atoms with Gasteiger partial charge in [-0.25, -0.2) is 4.79 Å². The van der Waals surface area contributed by atoms with Crippen LogP contribution in [0, 0.1) is 0 Å². The summed E-state index contributed by atoms with van der Waals surface area (Å²) in [5, 5.41) is 8.80. The van der Waals surface area contributed by atoms with Crippen LogP contribution in [0.15, 0.2) is 0 Å². The van der Waals surface area contributed by atoms with Gasteiger partial charge < -0.3 is 14.9 Å². The Balaban J connectivity index is 4.73. The lowest BCUT2D eigenvalue weighted by Gasteiger charge is -2.35. The number of carbonyl (C=O) groups is 2. The molecule has 5 nitrogen and oxygen atoms in total. The van der Waals surface area contributed by atoms with E-state index in [-0.39, 0.29) is 31.1 Å². The average Bonchev–Trinajstić information content (AvgIpc) is 2.33. The van der Waals surface area contributed by atoms with Crippen LogP contribution in [0.2, 0.25) is 0 Å². The molecule has 0 radical (unpaired) electrons. The van der Waals surface area contributed by atoms with Gasteiger partial charge >= 0.3 is 12.0 Å². The van der Waals surface area contributed by atoms with Crippen LogP contribution in [0.1, 0.15) is 60.3 Å². The fraction of sp³-hybridized carbons (Fsp3) is 0.867. The standard InChI is InChI=1S/C15H30N2O3/c1-6-7-8-10-16(12(2)3)15(20)17(13(4)5)11-9-14(18)19/h12-13H,6-11H2,1-5H3,(H,18,19). The summed E-state index contributed by atoms with van der Waals surface area (Å²) in [6.45, 7) is 11.0. The van der Waals surface area contributed by atoms with Crippen molar-refractivity contribution < 1.29 is 14.7 Å². The van der Waals surface area contributed by atoms with Crippen molar-refractivity contribution in [2.24, 2.45) is 0 Å². The van der Waals surface area contributed by atoms with Gasteiger partial charge in [-0.1, -0.05) is 19.8 Å². The van der Waals surface area contributed by atoms with Crippen LogP contribution in [0.3, 0.4) is 0 Å². The maximum absolute atomic E-state index is 12.6. The Morgan fingerprint density at radius 3 is 1.85 bits per heavy atom. The first kappa shape index (κ1) is 18.7. The molecule has 0 heterocycles. The molecule has 20 heavy (non-hydrogen) atoms. The molecule has 0 aliphatic heterocycles. The van der Waals surface area contributed by atoms with Crippen LogP contribution >= 0.6 is 0 Å². The number of hydrogen-bond acceptors (Lipinski definition) is 2. The van der Waals surface area contributed by atoms with E-state index in [1.807, 2.05) is 32.6 Å². The Labute approximate surface area is 122 Å². The quantitative estimate of drug-likeness (QED) is 0.662. The van der Waals surface area contributed by atoms with Gasteiger partial charge in [0.25, 0.3) is 0 Å². The van der Waals surface area contributed by atoms with Gasteiger partial charge in [-0.2, -0.15) is 0 Å². The zero-order valence-electron chi connectivity index (χ0n) is 13.6. The van der Waals surface area contributed by atoms with E-state index in [9.17, 15) is 9.59 Å². The molecule has 0 aliphatic rings. The molecule has 0 aromatic heterocycles. The summed E-state index contributed by atoms with van der Waals surface area (Å²) >= 11 is 0. The summed E-state index contributed by atoms with van der Waals surface area (Å²) in [5.74, 6) is -0.870. The summed E-state index contributed by atoms with van der Waals surface area (Å²) in [4.78, 5) is 26.8. The second kappa shape index (κ2) is 9.61. The van der Waals surface area contributed by atoms with E-state index in [1.54, 1.807) is 4.90 Å². The van der Waals surface area contributed by atoms with Gasteiger partial charge in [-0.3, -0.25) is 4.79 Å². The summed E-state index contributed by atoms with van der Waals surface area (Å²) in [5.41, 5.74) is 0. The molecular formula is C15H30N2O3. The van der Waals surface area contributed by atoms with Gasteiger partial charge in [-0.05, 0) is 34.1 Å². The number of aliphatic carboxylic acids is 1. The van der Waals surface area contributed by atoms with Gasteiger partial charge in [-0.15, -0.1) is 0 Å². The van der Waals surface area contributed by atoms with Crippen molar-refractivity contribution in [3.8, 4) is 0 Å². The largest absolute Gasteiger partial charge is 0.481 e. The van der Waals surface area contributed by atoms with Crippen LogP contribution in [-0.2, 0) is 4.79 Å². The highest BCUT2D eigenvalue weighted by Gasteiger charge is 2.25. The van der Waals surface area contributed by atoms with Crippen molar-refractivity contribution in [2.45, 2.75) is 72.4 Å². The number of nitrogens with zero attached hydrogens (tertiary/aromatic N) is 2. The zero-order chi connectivity index (χ0) is 15.7. The molecule has 0 fully saturated rings. The normalized spacial score (nSPS) is 10.9. The van der Waals surface area contributed by atoms with Crippen molar-refractivity contribution in [3.63, 3.8) is 0 Å². The Morgan fingerprint density at radius 1 is 0.950 bits per heavy atom. The Bertz CT molecular complexity index is 303. The number of carboxylic acids is 1. The molecule has 0 aromatic rings. The fourth-order valence-electron chi connectivity index (χ4n) is 2.06. The van der Waals surface area contributed by atoms with Crippen molar-refractivity contribution >= 4 is 12.0 Å². The van der Waals surface area contributed by atoms with Gasteiger partial charge in [0, 0.05) is 25.2 Å². The van der Waals surface area contributed by atoms with Crippen molar-refractivity contribution in [3.05, 3.63) is 0 Å². The van der Waals surface area contributed by atoms with Crippen LogP contribution < -0.4 is 0 Å². The van der Waals surface area contributed by atoms with Gasteiger partial charge in [0.1, 0.15) is 0 Å². The van der Waals surface area contributed by atoms with Crippen LogP contribution in [0.25, 0.3) is 0 Å². The van der Waals surface area contributed by atoms with Gasteiger partial charge in [0.15, 0.2) is 0 Å². The third-order valence-electron chi connectivity index (χ3n) is 3.31. The summed E-state index contributed by atoms with van der Waals surface area (Å²) in [7, 11) is 0. The molecule has 5 heteroatoms. The monoisotopic (exact) mass is 286 g/mol. The number of hydrogen-bond donors (Lipinski definition) is 1. The first-order chi connectivity index (χ1) is 9.31. The van der Waals surface area contributed by atoms with Crippen molar-refractivity contribution in [2.75, 3.05) is 13.1 Å². The maximum atomic E-state index is 12.6. The molecule has 0 spiro atoms. The lowest BCUT2D eigenvalue weighted by Crippen LogP contribution is -2.50. The average molecular weight is 286 g/mol. The third kappa shape index (κ3) is 6.78. The molecular weight excluding hydrogens is 256 g/mol. The van der Waals surface area contributed by atoms with E-state index >= 15 is 0 Å². The third-order valence-corrected chi connectivity index (χ3v) is 3.31. The van der Waals surface area contributed by atoms with Crippen LogP contribution in [-0.4, -0.2) is 52.1 Å². The summed E-state index contributed by atoms with van der Waals surface area (Å²) in [6, 6.07) is 0.0899. The summed E-state index contributed by atoms with van der Waals surface area (Å²) < 4.78 is 0. The topological polar surface area (TPSA) is 60.9 Å². The molecule has 0 saturated carbocycles. The number of rotatable bonds is 9. The lowest BCUT2D eigenvalue weighted by atomic mass is 10.2. The molecule has 0 bridgehead atoms. The minimum Gasteiger partial charge on any atom is -0.481 e. The second-order valence-electron chi connectivity index (χ2n) is 5.71. The molecule has 118 valence electrons. The second-order valence-corrected chi connectivity index (χ2v) is 5.71. The maximum Gasteiger partial charge on any atom is 0.320 e. The van der Waals surface area contributed by atoms with E-state index < -0.39 is 5.97 Å². The highest BCUT2D eigenvalue weighted by Crippen LogP contribution is 2.11. The minimum absolute atomic E-state index is 0.00859. The number of unbranched alkanes of at least 4 members (excludes halogenated alkanes) is 2. The number of carboxylic acid groups (broad SMARTS) is 1. The van der Waals surface area contributed by atoms with Crippen LogP contribution in [0.4, 0.5) is 4.79 Å². The predicted molar refractivity (Wildman–Crippen MR) is 80.9 cm³/mol. The molecule has 0 saturated heterocycles. The fourth-order valence-corrected chi connectivity index (χ4v) is 2.06. The molecule has 0 rings (SSSR count). The molecule has 1 N–H and O–H groups in total. The van der Waals surface area contributed by atoms with Crippen molar-refractivity contribution in [1.29, 1.82) is 0 Å². The molecule has 0 aliphatic carbocycles. The molecule has 0 aromatic carbocycles. The lowest BCUT2D eigenvalue weighted by molar-refractivity contribution is -0.137. The number of amides is 2. The van der Waals surface area contributed by atoms with E-state index in [4.69, 9.17) is 5.11 Å². The van der Waals surface area contributed by atoms with E-state index in [1.165, 1.54) is 0 Å². The first-order valence-electron chi connectivity index (χ1n) is 7.60. The predicted octanol–water partition coefficient (Wildman–Crippen LogP) is 3.19. The van der Waals surface area contributed by atoms with Gasteiger partial charge in [0.05, 0.1) is 6.42 Å². The van der Waals surface area contributed by atoms with E-state index in [2.05, 4.69) is 6.92 Å². The van der Waals surface area contributed by atoms with Crippen LogP contribution in [0.5, 0.6) is 0 Å². The smallest absolute Gasteiger partial charge is 0.320 e. The van der Waals surface area contributed by atoms with Crippen molar-refractivity contribution in [1.82, 2.24) is 9.80 Å². The van der Waals surface area contributed by atoms with Gasteiger partial charge in [0.2, 0.25) is 0 Å². The highest BCUT2D eigenvalue weighted by molar-refractivity contribution is 5.76.